The van der Waals surface area contributed by atoms with Gasteiger partial charge in [0.1, 0.15) is 5.82 Å². The van der Waals surface area contributed by atoms with Crippen molar-refractivity contribution in [1.82, 2.24) is 4.57 Å². The average molecular weight is 220 g/mol. The van der Waals surface area contributed by atoms with Gasteiger partial charge in [0.05, 0.1) is 5.54 Å². The summed E-state index contributed by atoms with van der Waals surface area (Å²) in [5.41, 5.74) is 8.85. The van der Waals surface area contributed by atoms with Crippen molar-refractivity contribution in [3.8, 4) is 0 Å². The quantitative estimate of drug-likeness (QED) is 0.787. The van der Waals surface area contributed by atoms with Crippen LogP contribution >= 0.6 is 0 Å². The molecule has 0 atom stereocenters. The van der Waals surface area contributed by atoms with Crippen LogP contribution in [-0.4, -0.2) is 4.57 Å². The van der Waals surface area contributed by atoms with Gasteiger partial charge in [-0.25, -0.2) is 4.39 Å². The fraction of sp³-hybridized carbons (Fsp3) is 0.385. The van der Waals surface area contributed by atoms with Gasteiger partial charge in [-0.05, 0) is 44.5 Å². The number of aromatic nitrogens is 1. The molecule has 2 rings (SSSR count). The van der Waals surface area contributed by atoms with Crippen molar-refractivity contribution in [2.45, 2.75) is 26.3 Å². The Hall–Kier alpha value is -1.35. The van der Waals surface area contributed by atoms with Gasteiger partial charge in [0.25, 0.3) is 0 Å². The van der Waals surface area contributed by atoms with E-state index in [0.29, 0.717) is 0 Å². The predicted molar refractivity (Wildman–Crippen MR) is 64.8 cm³/mol. The standard InChI is InChI=1S/C13H17FN2/c1-8-10-7-9(14)5-6-11(10)16(4)12(8)13(2,3)15/h5-7H,15H2,1-4H3. The normalized spacial score (nSPS) is 12.4. The van der Waals surface area contributed by atoms with Gasteiger partial charge in [0, 0.05) is 23.6 Å². The van der Waals surface area contributed by atoms with Gasteiger partial charge in [0.2, 0.25) is 0 Å². The molecule has 0 fully saturated rings. The Labute approximate surface area is 94.9 Å². The Morgan fingerprint density at radius 2 is 1.94 bits per heavy atom. The summed E-state index contributed by atoms with van der Waals surface area (Å²) >= 11 is 0. The maximum Gasteiger partial charge on any atom is 0.123 e. The fourth-order valence-corrected chi connectivity index (χ4v) is 2.52. The summed E-state index contributed by atoms with van der Waals surface area (Å²) in [7, 11) is 1.97. The monoisotopic (exact) mass is 220 g/mol. The maximum atomic E-state index is 13.2. The molecular weight excluding hydrogens is 203 g/mol. The summed E-state index contributed by atoms with van der Waals surface area (Å²) in [5, 5.41) is 0.941. The van der Waals surface area contributed by atoms with Gasteiger partial charge < -0.3 is 10.3 Å². The van der Waals surface area contributed by atoms with Crippen LogP contribution in [0.4, 0.5) is 4.39 Å². The zero-order valence-corrected chi connectivity index (χ0v) is 10.1. The molecule has 0 aliphatic heterocycles. The highest BCUT2D eigenvalue weighted by Crippen LogP contribution is 2.30. The van der Waals surface area contributed by atoms with E-state index >= 15 is 0 Å². The molecule has 0 saturated carbocycles. The first-order chi connectivity index (χ1) is 7.32. The van der Waals surface area contributed by atoms with Crippen LogP contribution < -0.4 is 5.73 Å². The molecule has 0 unspecified atom stereocenters. The number of hydrogen-bond acceptors (Lipinski definition) is 1. The number of nitrogens with two attached hydrogens (primary N) is 1. The van der Waals surface area contributed by atoms with E-state index in [-0.39, 0.29) is 5.82 Å². The van der Waals surface area contributed by atoms with Crippen LogP contribution in [0.15, 0.2) is 18.2 Å². The molecule has 2 nitrogen and oxygen atoms in total. The molecule has 0 saturated heterocycles. The molecular formula is C13H17FN2. The van der Waals surface area contributed by atoms with Crippen LogP contribution in [0.1, 0.15) is 25.1 Å². The van der Waals surface area contributed by atoms with Crippen molar-refractivity contribution in [1.29, 1.82) is 0 Å². The summed E-state index contributed by atoms with van der Waals surface area (Å²) in [6.07, 6.45) is 0. The second-order valence-electron chi connectivity index (χ2n) is 4.92. The van der Waals surface area contributed by atoms with E-state index in [1.54, 1.807) is 12.1 Å². The minimum absolute atomic E-state index is 0.206. The number of aryl methyl sites for hydroxylation is 2. The average Bonchev–Trinajstić information content (AvgIpc) is 2.38. The molecule has 2 N–H and O–H groups in total. The minimum atomic E-state index is -0.422. The van der Waals surface area contributed by atoms with Gasteiger partial charge >= 0.3 is 0 Å². The van der Waals surface area contributed by atoms with Crippen molar-refractivity contribution in [2.75, 3.05) is 0 Å². The van der Waals surface area contributed by atoms with E-state index in [4.69, 9.17) is 5.73 Å². The fourth-order valence-electron chi connectivity index (χ4n) is 2.52. The molecule has 16 heavy (non-hydrogen) atoms. The zero-order chi connectivity index (χ0) is 12.1. The summed E-state index contributed by atoms with van der Waals surface area (Å²) in [5.74, 6) is -0.206. The molecule has 2 aromatic rings. The van der Waals surface area contributed by atoms with Gasteiger partial charge in [-0.2, -0.15) is 0 Å². The van der Waals surface area contributed by atoms with E-state index in [2.05, 4.69) is 0 Å². The third-order valence-corrected chi connectivity index (χ3v) is 3.02. The highest BCUT2D eigenvalue weighted by molar-refractivity contribution is 5.85. The van der Waals surface area contributed by atoms with Gasteiger partial charge in [-0.15, -0.1) is 0 Å². The third kappa shape index (κ3) is 1.52. The maximum absolute atomic E-state index is 13.2. The molecule has 0 radical (unpaired) electrons. The zero-order valence-electron chi connectivity index (χ0n) is 10.1. The number of fused-ring (bicyclic) bond motifs is 1. The van der Waals surface area contributed by atoms with Crippen LogP contribution in [0.5, 0.6) is 0 Å². The molecule has 86 valence electrons. The molecule has 0 bridgehead atoms. The van der Waals surface area contributed by atoms with Crippen LogP contribution in [0.2, 0.25) is 0 Å². The van der Waals surface area contributed by atoms with E-state index in [0.717, 1.165) is 22.2 Å². The lowest BCUT2D eigenvalue weighted by Gasteiger charge is -2.21. The lowest BCUT2D eigenvalue weighted by molar-refractivity contribution is 0.513. The first-order valence-corrected chi connectivity index (χ1v) is 5.36. The summed E-state index contributed by atoms with van der Waals surface area (Å²) in [6, 6.07) is 4.85. The van der Waals surface area contributed by atoms with E-state index in [1.807, 2.05) is 32.4 Å². The molecule has 1 heterocycles. The predicted octanol–water partition coefficient (Wildman–Crippen LogP) is 2.82. The second-order valence-corrected chi connectivity index (χ2v) is 4.92. The van der Waals surface area contributed by atoms with Crippen molar-refractivity contribution in [2.24, 2.45) is 12.8 Å². The second kappa shape index (κ2) is 3.32. The summed E-state index contributed by atoms with van der Waals surface area (Å²) < 4.78 is 15.3. The lowest BCUT2D eigenvalue weighted by Crippen LogP contribution is -2.31. The van der Waals surface area contributed by atoms with E-state index in [9.17, 15) is 4.39 Å². The van der Waals surface area contributed by atoms with Gasteiger partial charge in [-0.1, -0.05) is 0 Å². The van der Waals surface area contributed by atoms with Gasteiger partial charge in [-0.3, -0.25) is 0 Å². The molecule has 0 spiro atoms. The summed E-state index contributed by atoms with van der Waals surface area (Å²) in [6.45, 7) is 5.92. The van der Waals surface area contributed by atoms with Crippen molar-refractivity contribution in [3.05, 3.63) is 35.3 Å². The lowest BCUT2D eigenvalue weighted by atomic mass is 9.98. The van der Waals surface area contributed by atoms with Crippen LogP contribution in [-0.2, 0) is 12.6 Å². The Morgan fingerprint density at radius 3 is 2.50 bits per heavy atom. The first-order valence-electron chi connectivity index (χ1n) is 5.36. The number of benzene rings is 1. The Bertz CT molecular complexity index is 547. The third-order valence-electron chi connectivity index (χ3n) is 3.02. The molecule has 0 amide bonds. The van der Waals surface area contributed by atoms with Crippen molar-refractivity contribution < 1.29 is 4.39 Å². The number of nitrogens with zero attached hydrogens (tertiary/aromatic N) is 1. The molecule has 0 aliphatic rings. The smallest absolute Gasteiger partial charge is 0.123 e. The van der Waals surface area contributed by atoms with E-state index in [1.165, 1.54) is 6.07 Å². The Balaban J connectivity index is 2.87. The molecule has 3 heteroatoms. The number of hydrogen-bond donors (Lipinski definition) is 1. The SMILES string of the molecule is Cc1c(C(C)(C)N)n(C)c2ccc(F)cc12. The van der Waals surface area contributed by atoms with Gasteiger partial charge in [0.15, 0.2) is 0 Å². The molecule has 1 aromatic carbocycles. The number of rotatable bonds is 1. The summed E-state index contributed by atoms with van der Waals surface area (Å²) in [4.78, 5) is 0. The van der Waals surface area contributed by atoms with Crippen LogP contribution in [0.3, 0.4) is 0 Å². The molecule has 0 aliphatic carbocycles. The topological polar surface area (TPSA) is 30.9 Å². The van der Waals surface area contributed by atoms with Crippen LogP contribution in [0, 0.1) is 12.7 Å². The largest absolute Gasteiger partial charge is 0.346 e. The Morgan fingerprint density at radius 1 is 1.31 bits per heavy atom. The molecule has 1 aromatic heterocycles. The van der Waals surface area contributed by atoms with Crippen molar-refractivity contribution in [3.63, 3.8) is 0 Å². The highest BCUT2D eigenvalue weighted by atomic mass is 19.1. The van der Waals surface area contributed by atoms with Crippen LogP contribution in [0.25, 0.3) is 10.9 Å². The minimum Gasteiger partial charge on any atom is -0.346 e. The number of halogens is 1. The Kier molecular flexibility index (Phi) is 2.31. The first kappa shape index (κ1) is 11.1. The highest BCUT2D eigenvalue weighted by Gasteiger charge is 2.23. The van der Waals surface area contributed by atoms with E-state index < -0.39 is 5.54 Å². The van der Waals surface area contributed by atoms with Crippen molar-refractivity contribution >= 4 is 10.9 Å².